The lowest BCUT2D eigenvalue weighted by molar-refractivity contribution is 0.101. The lowest BCUT2D eigenvalue weighted by atomic mass is 10.0. The number of phenolic OH excluding ortho intramolecular Hbond substituents is 1. The van der Waals surface area contributed by atoms with E-state index < -0.39 is 5.91 Å². The predicted octanol–water partition coefficient (Wildman–Crippen LogP) is 5.95. The van der Waals surface area contributed by atoms with E-state index in [0.29, 0.717) is 27.4 Å². The van der Waals surface area contributed by atoms with Crippen LogP contribution in [-0.4, -0.2) is 23.9 Å². The van der Waals surface area contributed by atoms with Crippen LogP contribution in [0, 0.1) is 0 Å². The SMILES string of the molecule is CC.CC(=O)c1ccsc1N.COc1ccc(NC(=O)c2cc3ccccc3c(N)c2O)cc1. The summed E-state index contributed by atoms with van der Waals surface area (Å²) in [4.78, 5) is 23.1. The van der Waals surface area contributed by atoms with Crippen molar-refractivity contribution in [1.82, 2.24) is 0 Å². The van der Waals surface area contributed by atoms with Gasteiger partial charge in [-0.1, -0.05) is 38.1 Å². The fourth-order valence-corrected chi connectivity index (χ4v) is 3.71. The molecule has 0 radical (unpaired) electrons. The normalized spacial score (nSPS) is 9.76. The number of fused-ring (bicyclic) bond motifs is 1. The Hall–Kier alpha value is -4.04. The Morgan fingerprint density at radius 3 is 2.15 bits per heavy atom. The fraction of sp³-hybridized carbons (Fsp3) is 0.154. The summed E-state index contributed by atoms with van der Waals surface area (Å²) in [6.07, 6.45) is 0. The number of anilines is 3. The molecule has 0 saturated heterocycles. The number of aromatic hydroxyl groups is 1. The van der Waals surface area contributed by atoms with E-state index in [-0.39, 0.29) is 22.8 Å². The highest BCUT2D eigenvalue weighted by atomic mass is 32.1. The minimum atomic E-state index is -0.426. The number of hydrogen-bond acceptors (Lipinski definition) is 7. The molecule has 0 spiro atoms. The van der Waals surface area contributed by atoms with E-state index in [9.17, 15) is 14.7 Å². The van der Waals surface area contributed by atoms with Gasteiger partial charge in [0.1, 0.15) is 5.75 Å². The number of benzene rings is 3. The molecule has 1 heterocycles. The van der Waals surface area contributed by atoms with Gasteiger partial charge < -0.3 is 26.6 Å². The van der Waals surface area contributed by atoms with Crippen LogP contribution in [0.15, 0.2) is 66.0 Å². The molecule has 0 aliphatic rings. The average molecular weight is 480 g/mol. The van der Waals surface area contributed by atoms with E-state index in [1.165, 1.54) is 18.3 Å². The van der Waals surface area contributed by atoms with Crippen LogP contribution < -0.4 is 21.5 Å². The monoisotopic (exact) mass is 479 g/mol. The number of Topliss-reactive ketones (excluding diaryl/α,β-unsaturated/α-hetero) is 1. The maximum atomic E-state index is 12.4. The van der Waals surface area contributed by atoms with Crippen molar-refractivity contribution in [2.45, 2.75) is 20.8 Å². The first-order valence-corrected chi connectivity index (χ1v) is 11.5. The molecule has 4 rings (SSSR count). The number of hydrogen-bond donors (Lipinski definition) is 4. The quantitative estimate of drug-likeness (QED) is 0.163. The van der Waals surface area contributed by atoms with E-state index in [2.05, 4.69) is 5.32 Å². The van der Waals surface area contributed by atoms with Crippen LogP contribution in [0.5, 0.6) is 11.5 Å². The number of phenols is 1. The van der Waals surface area contributed by atoms with Gasteiger partial charge in [-0.25, -0.2) is 0 Å². The van der Waals surface area contributed by atoms with Gasteiger partial charge in [0.15, 0.2) is 11.5 Å². The number of ketones is 1. The molecule has 1 amide bonds. The summed E-state index contributed by atoms with van der Waals surface area (Å²) in [5, 5.41) is 16.9. The summed E-state index contributed by atoms with van der Waals surface area (Å²) < 4.78 is 5.07. The summed E-state index contributed by atoms with van der Waals surface area (Å²) in [6, 6.07) is 17.6. The maximum Gasteiger partial charge on any atom is 0.259 e. The number of methoxy groups -OCH3 is 1. The van der Waals surface area contributed by atoms with Crippen LogP contribution >= 0.6 is 11.3 Å². The van der Waals surface area contributed by atoms with Gasteiger partial charge in [-0.3, -0.25) is 9.59 Å². The van der Waals surface area contributed by atoms with Gasteiger partial charge in [0.25, 0.3) is 5.91 Å². The molecule has 1 aromatic heterocycles. The summed E-state index contributed by atoms with van der Waals surface area (Å²) in [5.41, 5.74) is 13.0. The highest BCUT2D eigenvalue weighted by Crippen LogP contribution is 2.34. The molecule has 34 heavy (non-hydrogen) atoms. The van der Waals surface area contributed by atoms with Gasteiger partial charge in [0.2, 0.25) is 0 Å². The van der Waals surface area contributed by atoms with Gasteiger partial charge >= 0.3 is 0 Å². The molecule has 4 aromatic rings. The van der Waals surface area contributed by atoms with Crippen LogP contribution in [0.2, 0.25) is 0 Å². The lowest BCUT2D eigenvalue weighted by Gasteiger charge is -2.11. The molecular formula is C26H29N3O4S. The minimum absolute atomic E-state index is 0.0359. The van der Waals surface area contributed by atoms with E-state index in [1.807, 2.05) is 37.4 Å². The Morgan fingerprint density at radius 1 is 0.971 bits per heavy atom. The third-order valence-electron chi connectivity index (χ3n) is 4.73. The zero-order valence-corrected chi connectivity index (χ0v) is 20.4. The lowest BCUT2D eigenvalue weighted by Crippen LogP contribution is -2.12. The van der Waals surface area contributed by atoms with Crippen molar-refractivity contribution in [3.8, 4) is 11.5 Å². The Labute approximate surface area is 203 Å². The van der Waals surface area contributed by atoms with E-state index in [1.54, 1.807) is 49.6 Å². The molecule has 0 fully saturated rings. The van der Waals surface area contributed by atoms with Crippen molar-refractivity contribution in [2.75, 3.05) is 23.9 Å². The highest BCUT2D eigenvalue weighted by Gasteiger charge is 2.16. The van der Waals surface area contributed by atoms with Crippen molar-refractivity contribution in [1.29, 1.82) is 0 Å². The molecule has 8 heteroatoms. The third-order valence-corrected chi connectivity index (χ3v) is 5.47. The number of thiophene rings is 1. The Balaban J connectivity index is 0.000000311. The van der Waals surface area contributed by atoms with Crippen molar-refractivity contribution >= 4 is 50.2 Å². The first-order valence-electron chi connectivity index (χ1n) is 10.6. The van der Waals surface area contributed by atoms with Gasteiger partial charge in [-0.15, -0.1) is 11.3 Å². The van der Waals surface area contributed by atoms with Crippen LogP contribution in [0.25, 0.3) is 10.8 Å². The van der Waals surface area contributed by atoms with Crippen molar-refractivity contribution in [2.24, 2.45) is 0 Å². The molecule has 0 unspecified atom stereocenters. The van der Waals surface area contributed by atoms with Gasteiger partial charge in [-0.05, 0) is 54.1 Å². The summed E-state index contributed by atoms with van der Waals surface area (Å²) in [6.45, 7) is 5.51. The molecule has 0 bridgehead atoms. The predicted molar refractivity (Wildman–Crippen MR) is 141 cm³/mol. The number of carbonyl (C=O) groups excluding carboxylic acids is 2. The summed E-state index contributed by atoms with van der Waals surface area (Å²) in [7, 11) is 1.57. The molecule has 178 valence electrons. The number of nitrogens with two attached hydrogens (primary N) is 2. The van der Waals surface area contributed by atoms with E-state index >= 15 is 0 Å². The third kappa shape index (κ3) is 6.26. The second-order valence-electron chi connectivity index (χ2n) is 6.84. The van der Waals surface area contributed by atoms with Crippen LogP contribution in [0.4, 0.5) is 16.4 Å². The zero-order chi connectivity index (χ0) is 25.3. The minimum Gasteiger partial charge on any atom is -0.505 e. The molecule has 0 saturated carbocycles. The van der Waals surface area contributed by atoms with Crippen LogP contribution in [0.3, 0.4) is 0 Å². The first-order chi connectivity index (χ1) is 16.3. The number of rotatable bonds is 4. The average Bonchev–Trinajstić information content (AvgIpc) is 3.30. The Morgan fingerprint density at radius 2 is 1.62 bits per heavy atom. The molecular weight excluding hydrogens is 450 g/mol. The number of carbonyl (C=O) groups is 2. The Bertz CT molecular complexity index is 1270. The second kappa shape index (κ2) is 12.3. The zero-order valence-electron chi connectivity index (χ0n) is 19.6. The van der Waals surface area contributed by atoms with Gasteiger partial charge in [0, 0.05) is 11.1 Å². The molecule has 0 atom stereocenters. The number of amides is 1. The van der Waals surface area contributed by atoms with Crippen LogP contribution in [0.1, 0.15) is 41.5 Å². The molecule has 0 aliphatic carbocycles. The number of nitrogens with one attached hydrogen (secondary N) is 1. The largest absolute Gasteiger partial charge is 0.505 e. The molecule has 6 N–H and O–H groups in total. The maximum absolute atomic E-state index is 12.4. The number of ether oxygens (including phenoxy) is 1. The van der Waals surface area contributed by atoms with E-state index in [0.717, 1.165) is 5.39 Å². The Kier molecular flexibility index (Phi) is 9.46. The van der Waals surface area contributed by atoms with Crippen molar-refractivity contribution < 1.29 is 19.4 Å². The fourth-order valence-electron chi connectivity index (χ4n) is 3.02. The highest BCUT2D eigenvalue weighted by molar-refractivity contribution is 7.14. The molecule has 7 nitrogen and oxygen atoms in total. The van der Waals surface area contributed by atoms with E-state index in [4.69, 9.17) is 16.2 Å². The first kappa shape index (κ1) is 26.2. The second-order valence-corrected chi connectivity index (χ2v) is 7.79. The topological polar surface area (TPSA) is 128 Å². The van der Waals surface area contributed by atoms with Gasteiger partial charge in [-0.2, -0.15) is 0 Å². The standard InChI is InChI=1S/C18H16N2O3.C6H7NOS.C2H6/c1-23-13-8-6-12(7-9-13)20-18(22)15-10-11-4-2-3-5-14(11)16(19)17(15)21;1-4(8)5-2-3-9-6(5)7;1-2/h2-10,21H,19H2,1H3,(H,20,22);2-3H,7H2,1H3;1-2H3. The summed E-state index contributed by atoms with van der Waals surface area (Å²) in [5.74, 6) is 0.0920. The van der Waals surface area contributed by atoms with Crippen molar-refractivity contribution in [3.63, 3.8) is 0 Å². The smallest absolute Gasteiger partial charge is 0.259 e. The molecule has 0 aliphatic heterocycles. The summed E-state index contributed by atoms with van der Waals surface area (Å²) >= 11 is 1.39. The number of nitrogen functional groups attached to an aromatic ring is 2. The molecule has 3 aromatic carbocycles. The van der Waals surface area contributed by atoms with Gasteiger partial charge in [0.05, 0.1) is 28.9 Å². The van der Waals surface area contributed by atoms with Crippen molar-refractivity contribution in [3.05, 3.63) is 77.2 Å². The van der Waals surface area contributed by atoms with Crippen LogP contribution in [-0.2, 0) is 0 Å².